The molecule has 0 radical (unpaired) electrons. The number of imidazole rings is 1. The number of aliphatic carboxylic acids is 1. The van der Waals surface area contributed by atoms with Gasteiger partial charge in [0, 0.05) is 6.92 Å². The predicted molar refractivity (Wildman–Crippen MR) is 92.0 cm³/mol. The molecule has 27 heavy (non-hydrogen) atoms. The number of aryl methyl sites for hydroxylation is 1. The molecule has 1 atom stereocenters. The van der Waals surface area contributed by atoms with Crippen molar-refractivity contribution in [1.82, 2.24) is 20.2 Å². The number of carboxylic acid groups (broad SMARTS) is 1. The lowest BCUT2D eigenvalue weighted by atomic mass is 10.2. The molecule has 1 heterocycles. The number of hydrogen-bond donors (Lipinski definition) is 3. The van der Waals surface area contributed by atoms with Gasteiger partial charge < -0.3 is 30.6 Å². The van der Waals surface area contributed by atoms with Crippen LogP contribution in [0.2, 0.25) is 0 Å². The molecule has 0 saturated carbocycles. The summed E-state index contributed by atoms with van der Waals surface area (Å²) in [6.45, 7) is 6.48. The Bertz CT molecular complexity index is 723. The third kappa shape index (κ3) is 7.30. The number of nitrogens with one attached hydrogen (secondary N) is 2. The van der Waals surface area contributed by atoms with Crippen LogP contribution in [-0.2, 0) is 20.9 Å². The van der Waals surface area contributed by atoms with Gasteiger partial charge in [0.2, 0.25) is 5.91 Å². The van der Waals surface area contributed by atoms with Crippen LogP contribution in [0.5, 0.6) is 0 Å². The fourth-order valence-corrected chi connectivity index (χ4v) is 2.13. The molecule has 0 spiro atoms. The average molecular weight is 385 g/mol. The van der Waals surface area contributed by atoms with E-state index in [9.17, 15) is 24.5 Å². The van der Waals surface area contributed by atoms with Crippen molar-refractivity contribution in [3.63, 3.8) is 0 Å². The van der Waals surface area contributed by atoms with Crippen LogP contribution >= 0.6 is 0 Å². The molecule has 1 aromatic rings. The first-order valence-corrected chi connectivity index (χ1v) is 8.06. The lowest BCUT2D eigenvalue weighted by Gasteiger charge is -2.22. The van der Waals surface area contributed by atoms with Gasteiger partial charge in [-0.25, -0.2) is 14.3 Å². The first-order chi connectivity index (χ1) is 12.4. The van der Waals surface area contributed by atoms with E-state index in [0.29, 0.717) is 5.82 Å². The van der Waals surface area contributed by atoms with Crippen LogP contribution in [0.15, 0.2) is 6.20 Å². The molecule has 0 fully saturated rings. The third-order valence-electron chi connectivity index (χ3n) is 3.24. The average Bonchev–Trinajstić information content (AvgIpc) is 2.85. The largest absolute Gasteiger partial charge is 0.481 e. The number of amides is 2. The second-order valence-electron chi connectivity index (χ2n) is 6.66. The van der Waals surface area contributed by atoms with Gasteiger partial charge in [-0.2, -0.15) is 0 Å². The minimum absolute atomic E-state index is 0.0248. The maximum Gasteiger partial charge on any atom is 0.408 e. The van der Waals surface area contributed by atoms with Crippen molar-refractivity contribution in [2.24, 2.45) is 0 Å². The highest BCUT2D eigenvalue weighted by atomic mass is 16.6. The van der Waals surface area contributed by atoms with Gasteiger partial charge in [-0.05, 0) is 25.7 Å². The maximum atomic E-state index is 12.2. The summed E-state index contributed by atoms with van der Waals surface area (Å²) in [4.78, 5) is 49.1. The van der Waals surface area contributed by atoms with Gasteiger partial charge in [0.1, 0.15) is 24.4 Å². The molecule has 1 aromatic heterocycles. The minimum Gasteiger partial charge on any atom is -0.481 e. The highest BCUT2D eigenvalue weighted by Gasteiger charge is 2.26. The number of carbonyl (C=O) groups excluding carboxylic acids is 2. The zero-order chi connectivity index (χ0) is 20.8. The van der Waals surface area contributed by atoms with Crippen molar-refractivity contribution >= 4 is 23.8 Å². The minimum atomic E-state index is -1.35. The monoisotopic (exact) mass is 385 g/mol. The van der Waals surface area contributed by atoms with Crippen molar-refractivity contribution < 1.29 is 29.2 Å². The third-order valence-corrected chi connectivity index (χ3v) is 3.24. The van der Waals surface area contributed by atoms with Crippen LogP contribution in [0, 0.1) is 17.0 Å². The number of carbonyl (C=O) groups is 3. The number of nitro groups is 1. The van der Waals surface area contributed by atoms with Gasteiger partial charge in [0.15, 0.2) is 5.82 Å². The van der Waals surface area contributed by atoms with Crippen molar-refractivity contribution in [2.75, 3.05) is 6.54 Å². The molecule has 0 bridgehead atoms. The fraction of sp³-hybridized carbons (Fsp3) is 0.600. The van der Waals surface area contributed by atoms with E-state index in [0.717, 1.165) is 6.20 Å². The molecule has 12 nitrogen and oxygen atoms in total. The Balaban J connectivity index is 2.69. The number of hydrogen-bond acceptors (Lipinski definition) is 7. The molecule has 0 aliphatic heterocycles. The molecular formula is C15H23N5O7. The zero-order valence-corrected chi connectivity index (χ0v) is 15.5. The summed E-state index contributed by atoms with van der Waals surface area (Å²) in [5.74, 6) is -1.86. The van der Waals surface area contributed by atoms with E-state index in [1.165, 1.54) is 4.57 Å². The van der Waals surface area contributed by atoms with Crippen LogP contribution in [0.25, 0.3) is 0 Å². The number of carboxylic acids is 1. The van der Waals surface area contributed by atoms with Crippen LogP contribution < -0.4 is 10.6 Å². The summed E-state index contributed by atoms with van der Waals surface area (Å²) in [5.41, 5.74) is -0.813. The number of alkyl carbamates (subject to hydrolysis) is 1. The zero-order valence-electron chi connectivity index (χ0n) is 15.5. The van der Waals surface area contributed by atoms with E-state index in [1.54, 1.807) is 27.7 Å². The van der Waals surface area contributed by atoms with Crippen LogP contribution in [0.3, 0.4) is 0 Å². The molecule has 0 saturated heterocycles. The molecule has 2 amide bonds. The van der Waals surface area contributed by atoms with E-state index in [-0.39, 0.29) is 18.9 Å². The van der Waals surface area contributed by atoms with Gasteiger partial charge in [-0.1, -0.05) is 0 Å². The molecule has 150 valence electrons. The second kappa shape index (κ2) is 8.96. The standard InChI is InChI=1S/C15H23N5O7/c1-9-17-8-11(20(25)26)19(9)6-5-16-13(23)10(7-12(21)22)18-14(24)27-15(2,3)4/h8,10H,5-7H2,1-4H3,(H,16,23)(H,18,24)(H,21,22). The summed E-state index contributed by atoms with van der Waals surface area (Å²) in [6.07, 6.45) is -0.464. The molecule has 3 N–H and O–H groups in total. The van der Waals surface area contributed by atoms with Gasteiger partial charge in [-0.15, -0.1) is 0 Å². The smallest absolute Gasteiger partial charge is 0.408 e. The highest BCUT2D eigenvalue weighted by Crippen LogP contribution is 2.12. The quantitative estimate of drug-likeness (QED) is 0.432. The normalized spacial score (nSPS) is 12.1. The van der Waals surface area contributed by atoms with Crippen LogP contribution in [-0.4, -0.2) is 55.7 Å². The summed E-state index contributed by atoms with van der Waals surface area (Å²) < 4.78 is 6.31. The topological polar surface area (TPSA) is 166 Å². The van der Waals surface area contributed by atoms with Gasteiger partial charge >= 0.3 is 17.9 Å². The highest BCUT2D eigenvalue weighted by molar-refractivity contribution is 5.89. The number of nitrogens with zero attached hydrogens (tertiary/aromatic N) is 3. The number of aromatic nitrogens is 2. The fourth-order valence-electron chi connectivity index (χ4n) is 2.13. The Labute approximate surface area is 155 Å². The van der Waals surface area contributed by atoms with Crippen molar-refractivity contribution in [3.05, 3.63) is 22.1 Å². The Morgan fingerprint density at radius 2 is 2.04 bits per heavy atom. The predicted octanol–water partition coefficient (Wildman–Crippen LogP) is 0.584. The summed E-state index contributed by atoms with van der Waals surface area (Å²) in [7, 11) is 0. The van der Waals surface area contributed by atoms with Gasteiger partial charge in [0.25, 0.3) is 0 Å². The molecule has 0 aromatic carbocycles. The van der Waals surface area contributed by atoms with E-state index in [1.807, 2.05) is 0 Å². The first-order valence-electron chi connectivity index (χ1n) is 8.06. The van der Waals surface area contributed by atoms with E-state index < -0.39 is 41.0 Å². The second-order valence-corrected chi connectivity index (χ2v) is 6.66. The van der Waals surface area contributed by atoms with E-state index in [4.69, 9.17) is 9.84 Å². The Kier molecular flexibility index (Phi) is 7.26. The molecule has 12 heteroatoms. The summed E-state index contributed by atoms with van der Waals surface area (Å²) in [5, 5.41) is 24.5. The summed E-state index contributed by atoms with van der Waals surface area (Å²) in [6, 6.07) is -1.35. The number of ether oxygens (including phenoxy) is 1. The molecule has 1 unspecified atom stereocenters. The Hall–Kier alpha value is -3.18. The Morgan fingerprint density at radius 1 is 1.41 bits per heavy atom. The van der Waals surface area contributed by atoms with Gasteiger partial charge in [-0.3, -0.25) is 9.59 Å². The molecule has 1 rings (SSSR count). The van der Waals surface area contributed by atoms with Crippen molar-refractivity contribution in [2.45, 2.75) is 52.3 Å². The number of rotatable bonds is 8. The SMILES string of the molecule is Cc1ncc([N+](=O)[O-])n1CCNC(=O)C(CC(=O)O)NC(=O)OC(C)(C)C. The Morgan fingerprint density at radius 3 is 2.56 bits per heavy atom. The summed E-state index contributed by atoms with van der Waals surface area (Å²) >= 11 is 0. The van der Waals surface area contributed by atoms with Crippen molar-refractivity contribution in [1.29, 1.82) is 0 Å². The molecule has 0 aliphatic rings. The van der Waals surface area contributed by atoms with Crippen molar-refractivity contribution in [3.8, 4) is 0 Å². The van der Waals surface area contributed by atoms with Gasteiger partial charge in [0.05, 0.1) is 13.0 Å². The molecule has 0 aliphatic carbocycles. The molecular weight excluding hydrogens is 362 g/mol. The first kappa shape index (κ1) is 21.9. The van der Waals surface area contributed by atoms with Crippen LogP contribution in [0.4, 0.5) is 10.6 Å². The maximum absolute atomic E-state index is 12.2. The van der Waals surface area contributed by atoms with E-state index in [2.05, 4.69) is 15.6 Å². The lowest BCUT2D eigenvalue weighted by molar-refractivity contribution is -0.392. The lowest BCUT2D eigenvalue weighted by Crippen LogP contribution is -2.49. The van der Waals surface area contributed by atoms with E-state index >= 15 is 0 Å². The van der Waals surface area contributed by atoms with Crippen LogP contribution in [0.1, 0.15) is 33.0 Å².